The maximum Gasteiger partial charge on any atom is 0.359 e. The fourth-order valence-corrected chi connectivity index (χ4v) is 6.73. The first-order valence-electron chi connectivity index (χ1n) is 11.7. The second kappa shape index (κ2) is 8.86. The lowest BCUT2D eigenvalue weighted by atomic mass is 9.89. The van der Waals surface area contributed by atoms with Crippen LogP contribution in [0.25, 0.3) is 6.08 Å². The van der Waals surface area contributed by atoms with Crippen LogP contribution in [-0.4, -0.2) is 46.6 Å². The van der Waals surface area contributed by atoms with E-state index in [4.69, 9.17) is 9.98 Å². The van der Waals surface area contributed by atoms with Crippen LogP contribution in [0.4, 0.5) is 5.13 Å². The maximum absolute atomic E-state index is 5.07. The third-order valence-electron chi connectivity index (χ3n) is 5.95. The molecule has 0 aliphatic carbocycles. The van der Waals surface area contributed by atoms with E-state index >= 15 is 0 Å². The van der Waals surface area contributed by atoms with E-state index in [2.05, 4.69) is 69.2 Å². The summed E-state index contributed by atoms with van der Waals surface area (Å²) < 4.78 is 2.45. The van der Waals surface area contributed by atoms with Crippen LogP contribution < -0.4 is 4.90 Å². The van der Waals surface area contributed by atoms with Crippen LogP contribution in [-0.2, 0) is 5.41 Å². The largest absolute Gasteiger partial charge is 0.359 e. The van der Waals surface area contributed by atoms with E-state index in [1.54, 1.807) is 0 Å². The number of thiazole rings is 1. The Morgan fingerprint density at radius 1 is 0.935 bits per heavy atom. The predicted octanol–water partition coefficient (Wildman–Crippen LogP) is 6.33. The van der Waals surface area contributed by atoms with Crippen molar-refractivity contribution >= 4 is 45.2 Å². The first-order valence-corrected chi connectivity index (χ1v) is 13.3. The molecule has 0 aromatic carbocycles. The highest BCUT2D eigenvalue weighted by molar-refractivity contribution is 8.18. The molecule has 0 atom stereocenters. The van der Waals surface area contributed by atoms with Crippen LogP contribution in [0.3, 0.4) is 0 Å². The molecular formula is C25H37N4S2+. The number of thioether (sulfide) groups is 1. The highest BCUT2D eigenvalue weighted by atomic mass is 32.2. The maximum atomic E-state index is 5.07. The number of aromatic nitrogens is 1. The van der Waals surface area contributed by atoms with Crippen LogP contribution in [0.15, 0.2) is 22.0 Å². The smallest absolute Gasteiger partial charge is 0.348 e. The summed E-state index contributed by atoms with van der Waals surface area (Å²) in [6, 6.07) is 0. The Hall–Kier alpha value is -1.40. The number of hydrogen-bond donors (Lipinski definition) is 0. The number of nitrogens with zero attached hydrogens (tertiary/aromatic N) is 4. The van der Waals surface area contributed by atoms with Gasteiger partial charge >= 0.3 is 5.17 Å². The standard InChI is InChI=1S/C25H37N4S2/c1-24(2,3)20-18(30-22(26-20)28-14-7-8-15-28)12-11-13-19-21(25(4,5)6)27-23(31-19)29-16-9-10-17-29/h11-13H,7-10,14-17H2,1-6H3/q+1. The van der Waals surface area contributed by atoms with Crippen molar-refractivity contribution in [3.63, 3.8) is 0 Å². The molecule has 0 spiro atoms. The van der Waals surface area contributed by atoms with E-state index in [1.807, 2.05) is 23.1 Å². The molecule has 4 nitrogen and oxygen atoms in total. The zero-order valence-electron chi connectivity index (χ0n) is 20.0. The molecule has 0 N–H and O–H groups in total. The molecule has 31 heavy (non-hydrogen) atoms. The highest BCUT2D eigenvalue weighted by Gasteiger charge is 2.38. The molecular weight excluding hydrogens is 420 g/mol. The lowest BCUT2D eigenvalue weighted by Crippen LogP contribution is -2.19. The van der Waals surface area contributed by atoms with Crippen LogP contribution in [0, 0.1) is 5.41 Å². The molecule has 0 unspecified atom stereocenters. The fourth-order valence-electron chi connectivity index (χ4n) is 4.25. The van der Waals surface area contributed by atoms with E-state index < -0.39 is 0 Å². The van der Waals surface area contributed by atoms with Gasteiger partial charge in [0, 0.05) is 35.7 Å². The SMILES string of the molecule is CC(C)(C)C1=NC(=[N+]2CCCC2)S/C1=C\C=C\c1sc(N2CCCC2)nc1C(C)(C)C. The normalized spacial score (nSPS) is 21.9. The second-order valence-electron chi connectivity index (χ2n) is 10.8. The molecule has 4 rings (SSSR count). The number of rotatable bonds is 3. The van der Waals surface area contributed by atoms with Gasteiger partial charge in [-0.3, -0.25) is 4.58 Å². The van der Waals surface area contributed by atoms with Gasteiger partial charge in [0.25, 0.3) is 0 Å². The molecule has 168 valence electrons. The molecule has 3 aliphatic rings. The summed E-state index contributed by atoms with van der Waals surface area (Å²) in [4.78, 5) is 15.1. The minimum Gasteiger partial charge on any atom is -0.348 e. The van der Waals surface area contributed by atoms with E-state index in [0.717, 1.165) is 26.2 Å². The Bertz CT molecular complexity index is 937. The van der Waals surface area contributed by atoms with Gasteiger partial charge in [0.2, 0.25) is 0 Å². The molecule has 0 radical (unpaired) electrons. The first kappa shape index (κ1) is 22.8. The van der Waals surface area contributed by atoms with Crippen molar-refractivity contribution in [2.45, 2.75) is 72.6 Å². The van der Waals surface area contributed by atoms with Gasteiger partial charge in [0.05, 0.1) is 28.6 Å². The number of hydrogen-bond acceptors (Lipinski definition) is 4. The van der Waals surface area contributed by atoms with Gasteiger partial charge in [-0.1, -0.05) is 59.0 Å². The van der Waals surface area contributed by atoms with Crippen LogP contribution >= 0.6 is 23.1 Å². The van der Waals surface area contributed by atoms with E-state index in [-0.39, 0.29) is 10.8 Å². The van der Waals surface area contributed by atoms with Crippen molar-refractivity contribution in [1.29, 1.82) is 0 Å². The van der Waals surface area contributed by atoms with Crippen LogP contribution in [0.5, 0.6) is 0 Å². The number of amidine groups is 1. The zero-order valence-corrected chi connectivity index (χ0v) is 21.6. The minimum absolute atomic E-state index is 0.0398. The summed E-state index contributed by atoms with van der Waals surface area (Å²) in [7, 11) is 0. The van der Waals surface area contributed by atoms with Gasteiger partial charge in [0.15, 0.2) is 10.8 Å². The molecule has 6 heteroatoms. The van der Waals surface area contributed by atoms with Gasteiger partial charge in [-0.2, -0.15) is 0 Å². The molecule has 0 saturated carbocycles. The Kier molecular flexibility index (Phi) is 6.51. The van der Waals surface area contributed by atoms with Crippen molar-refractivity contribution in [3.8, 4) is 0 Å². The Morgan fingerprint density at radius 2 is 1.61 bits per heavy atom. The number of anilines is 1. The molecule has 3 aliphatic heterocycles. The Morgan fingerprint density at radius 3 is 2.23 bits per heavy atom. The van der Waals surface area contributed by atoms with Crippen molar-refractivity contribution in [1.82, 2.24) is 4.98 Å². The topological polar surface area (TPSA) is 31.5 Å². The fraction of sp³-hybridized carbons (Fsp3) is 0.640. The molecule has 4 heterocycles. The predicted molar refractivity (Wildman–Crippen MR) is 138 cm³/mol. The summed E-state index contributed by atoms with van der Waals surface area (Å²) in [6.45, 7) is 18.1. The van der Waals surface area contributed by atoms with Gasteiger partial charge < -0.3 is 4.90 Å². The summed E-state index contributed by atoms with van der Waals surface area (Å²) in [5.41, 5.74) is 2.50. The van der Waals surface area contributed by atoms with Gasteiger partial charge in [-0.05, 0) is 42.8 Å². The van der Waals surface area contributed by atoms with E-state index in [1.165, 1.54) is 57.2 Å². The monoisotopic (exact) mass is 457 g/mol. The third-order valence-corrected chi connectivity index (χ3v) is 8.12. The zero-order chi connectivity index (χ0) is 22.2. The second-order valence-corrected chi connectivity index (χ2v) is 12.9. The Labute approximate surface area is 196 Å². The third kappa shape index (κ3) is 5.16. The van der Waals surface area contributed by atoms with Gasteiger partial charge in [0.1, 0.15) is 0 Å². The van der Waals surface area contributed by atoms with Crippen LogP contribution in [0.1, 0.15) is 77.8 Å². The summed E-state index contributed by atoms with van der Waals surface area (Å²) in [5.74, 6) is 0. The van der Waals surface area contributed by atoms with Crippen molar-refractivity contribution in [2.75, 3.05) is 31.1 Å². The average Bonchev–Trinajstić information content (AvgIpc) is 3.43. The van der Waals surface area contributed by atoms with Crippen LogP contribution in [0.2, 0.25) is 0 Å². The summed E-state index contributed by atoms with van der Waals surface area (Å²) in [5, 5.41) is 2.37. The lowest BCUT2D eigenvalue weighted by Gasteiger charge is -2.17. The molecule has 0 bridgehead atoms. The quantitative estimate of drug-likeness (QED) is 0.497. The molecule has 2 saturated heterocycles. The minimum atomic E-state index is 0.0398. The molecule has 0 amide bonds. The molecule has 1 aromatic heterocycles. The first-order chi connectivity index (χ1) is 14.6. The summed E-state index contributed by atoms with van der Waals surface area (Å²) >= 11 is 3.68. The molecule has 2 fully saturated rings. The summed E-state index contributed by atoms with van der Waals surface area (Å²) in [6.07, 6.45) is 11.9. The van der Waals surface area contributed by atoms with Crippen molar-refractivity contribution in [3.05, 3.63) is 27.6 Å². The number of allylic oxidation sites excluding steroid dienone is 3. The van der Waals surface area contributed by atoms with Gasteiger partial charge in [-0.25, -0.2) is 4.98 Å². The molecule has 1 aromatic rings. The highest BCUT2D eigenvalue weighted by Crippen LogP contribution is 2.38. The lowest BCUT2D eigenvalue weighted by molar-refractivity contribution is -0.503. The van der Waals surface area contributed by atoms with E-state index in [0.29, 0.717) is 0 Å². The van der Waals surface area contributed by atoms with Crippen molar-refractivity contribution < 1.29 is 4.58 Å². The number of aliphatic imine (C=N–C) groups is 1. The average molecular weight is 458 g/mol. The van der Waals surface area contributed by atoms with Gasteiger partial charge in [-0.15, -0.1) is 0 Å². The van der Waals surface area contributed by atoms with E-state index in [9.17, 15) is 0 Å². The van der Waals surface area contributed by atoms with Crippen molar-refractivity contribution in [2.24, 2.45) is 10.4 Å². The Balaban J connectivity index is 1.62.